The van der Waals surface area contributed by atoms with Crippen molar-refractivity contribution in [3.05, 3.63) is 27.2 Å². The van der Waals surface area contributed by atoms with Crippen LogP contribution < -0.4 is 11.2 Å². The average molecular weight is 282 g/mol. The predicted octanol–water partition coefficient (Wildman–Crippen LogP) is 0.221. The van der Waals surface area contributed by atoms with Gasteiger partial charge in [0.1, 0.15) is 5.52 Å². The lowest BCUT2D eigenvalue weighted by molar-refractivity contribution is -0.137. The normalized spacial score (nSPS) is 10.2. The highest BCUT2D eigenvalue weighted by atomic mass is 16.4. The molecular weight excluding hydrogens is 264 g/mol. The minimum Gasteiger partial charge on any atom is -0.481 e. The Morgan fingerprint density at radius 1 is 1.35 bits per heavy atom. The second kappa shape index (κ2) is 6.69. The highest BCUT2D eigenvalue weighted by Crippen LogP contribution is 1.97. The van der Waals surface area contributed by atoms with Gasteiger partial charge in [0, 0.05) is 20.5 Å². The fourth-order valence-corrected chi connectivity index (χ4v) is 1.60. The molecule has 8 heteroatoms. The number of aromatic amines is 1. The predicted molar refractivity (Wildman–Crippen MR) is 73.7 cm³/mol. The maximum atomic E-state index is 11.4. The van der Waals surface area contributed by atoms with Gasteiger partial charge in [0.25, 0.3) is 5.56 Å². The number of hydrogen-bond acceptors (Lipinski definition) is 4. The number of rotatable bonds is 3. The van der Waals surface area contributed by atoms with Crippen molar-refractivity contribution >= 4 is 17.1 Å². The van der Waals surface area contributed by atoms with E-state index in [1.807, 2.05) is 6.92 Å². The lowest BCUT2D eigenvalue weighted by Gasteiger charge is -2.00. The van der Waals surface area contributed by atoms with Gasteiger partial charge >= 0.3 is 11.7 Å². The average Bonchev–Trinajstić information content (AvgIpc) is 2.90. The molecule has 0 unspecified atom stereocenters. The largest absolute Gasteiger partial charge is 0.481 e. The summed E-state index contributed by atoms with van der Waals surface area (Å²) in [5, 5.41) is 8.04. The van der Waals surface area contributed by atoms with Gasteiger partial charge in [0.2, 0.25) is 0 Å². The van der Waals surface area contributed by atoms with Crippen LogP contribution in [0, 0.1) is 0 Å². The van der Waals surface area contributed by atoms with Crippen molar-refractivity contribution in [1.29, 1.82) is 0 Å². The van der Waals surface area contributed by atoms with E-state index in [0.29, 0.717) is 17.6 Å². The first kappa shape index (κ1) is 15.7. The fraction of sp³-hybridized carbons (Fsp3) is 0.500. The van der Waals surface area contributed by atoms with E-state index in [-0.39, 0.29) is 11.2 Å². The molecule has 0 aliphatic rings. The van der Waals surface area contributed by atoms with E-state index in [0.717, 1.165) is 17.4 Å². The summed E-state index contributed by atoms with van der Waals surface area (Å²) in [6.45, 7) is 1.98. The van der Waals surface area contributed by atoms with Crippen molar-refractivity contribution < 1.29 is 9.90 Å². The summed E-state index contributed by atoms with van der Waals surface area (Å²) < 4.78 is 2.37. The van der Waals surface area contributed by atoms with Gasteiger partial charge in [0.15, 0.2) is 5.65 Å². The summed E-state index contributed by atoms with van der Waals surface area (Å²) >= 11 is 0. The molecule has 0 spiro atoms. The number of aliphatic carboxylic acids is 1. The van der Waals surface area contributed by atoms with Gasteiger partial charge in [-0.2, -0.15) is 0 Å². The van der Waals surface area contributed by atoms with Crippen LogP contribution in [0.3, 0.4) is 0 Å². The number of nitrogens with zero attached hydrogens (tertiary/aromatic N) is 3. The standard InChI is InChI=1S/C7H8N4O2.C5H10O2/c1-10-5-4(8-3-9-5)6(12)11(2)7(10)13;1-2-3-4-5(6)7/h3H,1-2H3,(H,8,9);2-4H2,1H3,(H,6,7). The molecule has 2 N–H and O–H groups in total. The van der Waals surface area contributed by atoms with Crippen molar-refractivity contribution in [3.63, 3.8) is 0 Å². The van der Waals surface area contributed by atoms with E-state index in [4.69, 9.17) is 5.11 Å². The van der Waals surface area contributed by atoms with Gasteiger partial charge in [-0.05, 0) is 6.42 Å². The highest BCUT2D eigenvalue weighted by molar-refractivity contribution is 5.68. The highest BCUT2D eigenvalue weighted by Gasteiger charge is 2.08. The summed E-state index contributed by atoms with van der Waals surface area (Å²) in [6.07, 6.45) is 3.48. The van der Waals surface area contributed by atoms with Crippen molar-refractivity contribution in [3.8, 4) is 0 Å². The molecule has 0 radical (unpaired) electrons. The molecule has 0 aromatic carbocycles. The maximum absolute atomic E-state index is 11.4. The van der Waals surface area contributed by atoms with Crippen LogP contribution in [-0.2, 0) is 18.9 Å². The Labute approximate surface area is 114 Å². The van der Waals surface area contributed by atoms with Crippen LogP contribution in [0.15, 0.2) is 15.9 Å². The molecule has 0 aliphatic heterocycles. The van der Waals surface area contributed by atoms with E-state index in [9.17, 15) is 14.4 Å². The van der Waals surface area contributed by atoms with Crippen LogP contribution in [-0.4, -0.2) is 30.2 Å². The van der Waals surface area contributed by atoms with E-state index >= 15 is 0 Å². The maximum Gasteiger partial charge on any atom is 0.332 e. The summed E-state index contributed by atoms with van der Waals surface area (Å²) in [5.74, 6) is -0.693. The van der Waals surface area contributed by atoms with Gasteiger partial charge < -0.3 is 10.1 Å². The van der Waals surface area contributed by atoms with E-state index in [1.165, 1.54) is 17.9 Å². The second-order valence-corrected chi connectivity index (χ2v) is 4.30. The molecule has 0 saturated heterocycles. The number of fused-ring (bicyclic) bond motifs is 1. The van der Waals surface area contributed by atoms with Crippen LogP contribution in [0.5, 0.6) is 0 Å². The summed E-state index contributed by atoms with van der Waals surface area (Å²) in [6, 6.07) is 0. The first-order valence-electron chi connectivity index (χ1n) is 6.21. The zero-order valence-corrected chi connectivity index (χ0v) is 11.7. The molecule has 110 valence electrons. The fourth-order valence-electron chi connectivity index (χ4n) is 1.60. The van der Waals surface area contributed by atoms with Crippen molar-refractivity contribution in [1.82, 2.24) is 19.1 Å². The van der Waals surface area contributed by atoms with Crippen LogP contribution in [0.25, 0.3) is 11.2 Å². The van der Waals surface area contributed by atoms with Crippen molar-refractivity contribution in [2.24, 2.45) is 14.1 Å². The van der Waals surface area contributed by atoms with E-state index < -0.39 is 5.97 Å². The molecule has 0 aliphatic carbocycles. The lowest BCUT2D eigenvalue weighted by atomic mass is 10.3. The minimum absolute atomic E-state index is 0.316. The van der Waals surface area contributed by atoms with Gasteiger partial charge in [-0.15, -0.1) is 0 Å². The number of hydrogen-bond donors (Lipinski definition) is 2. The molecule has 0 amide bonds. The Bertz CT molecular complexity index is 710. The van der Waals surface area contributed by atoms with Crippen LogP contribution in [0.4, 0.5) is 0 Å². The minimum atomic E-state index is -0.693. The number of carbonyl (C=O) groups is 1. The molecule has 8 nitrogen and oxygen atoms in total. The van der Waals surface area contributed by atoms with Gasteiger partial charge in [0.05, 0.1) is 6.33 Å². The molecule has 0 atom stereocenters. The first-order chi connectivity index (χ1) is 9.40. The van der Waals surface area contributed by atoms with Crippen molar-refractivity contribution in [2.75, 3.05) is 0 Å². The Morgan fingerprint density at radius 2 is 2.00 bits per heavy atom. The second-order valence-electron chi connectivity index (χ2n) is 4.30. The molecule has 2 rings (SSSR count). The van der Waals surface area contributed by atoms with Gasteiger partial charge in [-0.3, -0.25) is 18.7 Å². The number of H-pyrrole nitrogens is 1. The molecular formula is C12H18N4O4. The van der Waals surface area contributed by atoms with E-state index in [2.05, 4.69) is 9.97 Å². The molecule has 0 bridgehead atoms. The number of carboxylic acids is 1. The smallest absolute Gasteiger partial charge is 0.332 e. The third-order valence-corrected chi connectivity index (χ3v) is 2.77. The third-order valence-electron chi connectivity index (χ3n) is 2.77. The zero-order valence-electron chi connectivity index (χ0n) is 11.7. The number of imidazole rings is 1. The molecule has 2 aromatic heterocycles. The topological polar surface area (TPSA) is 110 Å². The number of aryl methyl sites for hydroxylation is 1. The number of aromatic nitrogens is 4. The van der Waals surface area contributed by atoms with Crippen molar-refractivity contribution in [2.45, 2.75) is 26.2 Å². The Balaban J connectivity index is 0.000000246. The summed E-state index contributed by atoms with van der Waals surface area (Å²) in [4.78, 5) is 39.1. The van der Waals surface area contributed by atoms with Crippen LogP contribution in [0.2, 0.25) is 0 Å². The Kier molecular flexibility index (Phi) is 5.24. The van der Waals surface area contributed by atoms with Crippen LogP contribution in [0.1, 0.15) is 26.2 Å². The van der Waals surface area contributed by atoms with E-state index in [1.54, 1.807) is 7.05 Å². The quantitative estimate of drug-likeness (QED) is 0.836. The van der Waals surface area contributed by atoms with Gasteiger partial charge in [-0.1, -0.05) is 13.3 Å². The zero-order chi connectivity index (χ0) is 15.3. The molecule has 20 heavy (non-hydrogen) atoms. The molecule has 2 heterocycles. The first-order valence-corrected chi connectivity index (χ1v) is 6.21. The number of carboxylic acid groups (broad SMARTS) is 1. The third kappa shape index (κ3) is 3.34. The Hall–Kier alpha value is -2.38. The molecule has 2 aromatic rings. The Morgan fingerprint density at radius 3 is 2.50 bits per heavy atom. The summed E-state index contributed by atoms with van der Waals surface area (Å²) in [7, 11) is 3.01. The van der Waals surface area contributed by atoms with Crippen LogP contribution >= 0.6 is 0 Å². The lowest BCUT2D eigenvalue weighted by Crippen LogP contribution is -2.36. The SMILES string of the molecule is CCCCC(=O)O.Cn1c(=O)c2[nH]cnc2n(C)c1=O. The number of nitrogens with one attached hydrogen (secondary N) is 1. The monoisotopic (exact) mass is 282 g/mol. The molecule has 0 fully saturated rings. The number of unbranched alkanes of at least 4 members (excludes halogenated alkanes) is 1. The van der Waals surface area contributed by atoms with Gasteiger partial charge in [-0.25, -0.2) is 9.78 Å². The molecule has 0 saturated carbocycles. The summed E-state index contributed by atoms with van der Waals surface area (Å²) in [5.41, 5.74) is 0.0119.